The van der Waals surface area contributed by atoms with Gasteiger partial charge in [-0.3, -0.25) is 4.79 Å². The van der Waals surface area contributed by atoms with Crippen molar-refractivity contribution >= 4 is 17.2 Å². The molecule has 0 saturated carbocycles. The second kappa shape index (κ2) is 8.23. The maximum absolute atomic E-state index is 13.1. The molecule has 0 fully saturated rings. The lowest BCUT2D eigenvalue weighted by Crippen LogP contribution is -2.29. The minimum Gasteiger partial charge on any atom is -0.462 e. The van der Waals surface area contributed by atoms with Crippen LogP contribution in [0, 0.1) is 6.92 Å². The van der Waals surface area contributed by atoms with Crippen molar-refractivity contribution in [2.45, 2.75) is 19.4 Å². The number of benzene rings is 2. The van der Waals surface area contributed by atoms with Crippen LogP contribution in [0.5, 0.6) is 0 Å². The van der Waals surface area contributed by atoms with E-state index < -0.39 is 0 Å². The third-order valence-corrected chi connectivity index (χ3v) is 5.75. The van der Waals surface area contributed by atoms with Crippen molar-refractivity contribution in [1.29, 1.82) is 0 Å². The Morgan fingerprint density at radius 2 is 1.64 bits per heavy atom. The lowest BCUT2D eigenvalue weighted by molar-refractivity contribution is -0.121. The monoisotopic (exact) mass is 388 g/mol. The summed E-state index contributed by atoms with van der Waals surface area (Å²) in [4.78, 5) is 18.7. The summed E-state index contributed by atoms with van der Waals surface area (Å²) >= 11 is 1.54. The number of furan rings is 1. The van der Waals surface area contributed by atoms with Gasteiger partial charge in [0.15, 0.2) is 10.8 Å². The van der Waals surface area contributed by atoms with Gasteiger partial charge in [-0.05, 0) is 30.2 Å². The van der Waals surface area contributed by atoms with Crippen LogP contribution in [0.3, 0.4) is 0 Å². The Morgan fingerprint density at radius 1 is 1.00 bits per heavy atom. The number of thiazole rings is 1. The Labute approximate surface area is 167 Å². The van der Waals surface area contributed by atoms with Gasteiger partial charge >= 0.3 is 0 Å². The van der Waals surface area contributed by atoms with Gasteiger partial charge in [0.2, 0.25) is 5.91 Å². The first-order valence-electron chi connectivity index (χ1n) is 9.10. The van der Waals surface area contributed by atoms with Crippen LogP contribution in [-0.4, -0.2) is 10.9 Å². The van der Waals surface area contributed by atoms with E-state index in [0.717, 1.165) is 32.5 Å². The van der Waals surface area contributed by atoms with E-state index >= 15 is 0 Å². The van der Waals surface area contributed by atoms with Crippen LogP contribution >= 0.6 is 11.3 Å². The average molecular weight is 388 g/mol. The summed E-state index contributed by atoms with van der Waals surface area (Å²) < 4.78 is 5.43. The summed E-state index contributed by atoms with van der Waals surface area (Å²) in [6.07, 6.45) is 1.64. The molecule has 2 aromatic carbocycles. The number of nitrogens with one attached hydrogen (secondary N) is 1. The summed E-state index contributed by atoms with van der Waals surface area (Å²) in [6, 6.07) is 23.5. The van der Waals surface area contributed by atoms with Crippen LogP contribution in [0.25, 0.3) is 10.8 Å². The highest BCUT2D eigenvalue weighted by Crippen LogP contribution is 2.29. The zero-order valence-electron chi connectivity index (χ0n) is 15.5. The van der Waals surface area contributed by atoms with E-state index in [-0.39, 0.29) is 11.8 Å². The molecular weight excluding hydrogens is 368 g/mol. The number of hydrogen-bond donors (Lipinski definition) is 1. The molecule has 4 nitrogen and oxygen atoms in total. The number of nitrogens with zero attached hydrogens (tertiary/aromatic N) is 1. The van der Waals surface area contributed by atoms with Gasteiger partial charge in [-0.25, -0.2) is 4.98 Å². The normalized spacial score (nSPS) is 10.9. The molecule has 140 valence electrons. The molecule has 0 bridgehead atoms. The lowest BCUT2D eigenvalue weighted by Gasteiger charge is -2.17. The standard InChI is InChI=1S/C23H20N2O2S/c1-16-20(28-23(25-16)19-13-8-14-27-19)15-24-22(26)21(17-9-4-2-5-10-17)18-11-6-3-7-12-18/h2-14,21H,15H2,1H3,(H,24,26). The van der Waals surface area contributed by atoms with Crippen molar-refractivity contribution in [3.05, 3.63) is 101 Å². The molecule has 0 saturated heterocycles. The number of carbonyl (C=O) groups is 1. The molecule has 0 aliphatic heterocycles. The molecule has 28 heavy (non-hydrogen) atoms. The van der Waals surface area contributed by atoms with Gasteiger partial charge in [0.1, 0.15) is 0 Å². The van der Waals surface area contributed by atoms with Crippen LogP contribution < -0.4 is 5.32 Å². The summed E-state index contributed by atoms with van der Waals surface area (Å²) in [5.74, 6) is 0.377. The van der Waals surface area contributed by atoms with Gasteiger partial charge in [-0.1, -0.05) is 60.7 Å². The van der Waals surface area contributed by atoms with Crippen molar-refractivity contribution in [1.82, 2.24) is 10.3 Å². The molecule has 0 unspecified atom stereocenters. The Balaban J connectivity index is 1.54. The Kier molecular flexibility index (Phi) is 5.35. The summed E-state index contributed by atoms with van der Waals surface area (Å²) in [5, 5.41) is 3.92. The van der Waals surface area contributed by atoms with Crippen molar-refractivity contribution < 1.29 is 9.21 Å². The maximum atomic E-state index is 13.1. The van der Waals surface area contributed by atoms with Crippen molar-refractivity contribution in [3.8, 4) is 10.8 Å². The first-order valence-corrected chi connectivity index (χ1v) is 9.92. The summed E-state index contributed by atoms with van der Waals surface area (Å²) in [6.45, 7) is 2.40. The molecular formula is C23H20N2O2S. The molecule has 0 radical (unpaired) electrons. The van der Waals surface area contributed by atoms with Gasteiger partial charge in [0.25, 0.3) is 0 Å². The second-order valence-corrected chi connectivity index (χ2v) is 7.56. The molecule has 1 amide bonds. The van der Waals surface area contributed by atoms with E-state index in [2.05, 4.69) is 10.3 Å². The van der Waals surface area contributed by atoms with E-state index in [9.17, 15) is 4.79 Å². The number of hydrogen-bond acceptors (Lipinski definition) is 4. The minimum atomic E-state index is -0.347. The van der Waals surface area contributed by atoms with Crippen LogP contribution in [0.4, 0.5) is 0 Å². The quantitative estimate of drug-likeness (QED) is 0.496. The van der Waals surface area contributed by atoms with E-state index in [0.29, 0.717) is 6.54 Å². The molecule has 5 heteroatoms. The predicted molar refractivity (Wildman–Crippen MR) is 111 cm³/mol. The predicted octanol–water partition coefficient (Wildman–Crippen LogP) is 5.16. The number of aryl methyl sites for hydroxylation is 1. The Hall–Kier alpha value is -3.18. The average Bonchev–Trinajstić information content (AvgIpc) is 3.38. The van der Waals surface area contributed by atoms with E-state index in [4.69, 9.17) is 4.42 Å². The van der Waals surface area contributed by atoms with Crippen molar-refractivity contribution in [3.63, 3.8) is 0 Å². The first kappa shape index (κ1) is 18.2. The third kappa shape index (κ3) is 3.89. The molecule has 4 aromatic rings. The number of carbonyl (C=O) groups excluding carboxylic acids is 1. The zero-order chi connectivity index (χ0) is 19.3. The fraction of sp³-hybridized carbons (Fsp3) is 0.130. The molecule has 0 atom stereocenters. The molecule has 4 rings (SSSR count). The van der Waals surface area contributed by atoms with Gasteiger partial charge in [-0.2, -0.15) is 0 Å². The summed E-state index contributed by atoms with van der Waals surface area (Å²) in [7, 11) is 0. The number of aromatic nitrogens is 1. The van der Waals surface area contributed by atoms with E-state index in [1.807, 2.05) is 79.7 Å². The Morgan fingerprint density at radius 3 is 2.21 bits per heavy atom. The second-order valence-electron chi connectivity index (χ2n) is 6.48. The lowest BCUT2D eigenvalue weighted by atomic mass is 9.90. The van der Waals surface area contributed by atoms with Crippen molar-refractivity contribution in [2.24, 2.45) is 0 Å². The van der Waals surface area contributed by atoms with Gasteiger partial charge < -0.3 is 9.73 Å². The van der Waals surface area contributed by atoms with Gasteiger partial charge in [0.05, 0.1) is 24.4 Å². The molecule has 0 aliphatic carbocycles. The molecule has 2 aromatic heterocycles. The smallest absolute Gasteiger partial charge is 0.232 e. The zero-order valence-corrected chi connectivity index (χ0v) is 16.3. The highest BCUT2D eigenvalue weighted by molar-refractivity contribution is 7.15. The summed E-state index contributed by atoms with van der Waals surface area (Å²) in [5.41, 5.74) is 2.86. The molecule has 1 N–H and O–H groups in total. The van der Waals surface area contributed by atoms with Gasteiger partial charge in [0, 0.05) is 4.88 Å². The highest BCUT2D eigenvalue weighted by atomic mass is 32.1. The van der Waals surface area contributed by atoms with Crippen molar-refractivity contribution in [2.75, 3.05) is 0 Å². The first-order chi connectivity index (χ1) is 13.7. The largest absolute Gasteiger partial charge is 0.462 e. The third-order valence-electron chi connectivity index (χ3n) is 4.58. The Bertz CT molecular complexity index is 1000. The molecule has 0 aliphatic rings. The fourth-order valence-electron chi connectivity index (χ4n) is 3.15. The SMILES string of the molecule is Cc1nc(-c2ccco2)sc1CNC(=O)C(c1ccccc1)c1ccccc1. The van der Waals surface area contributed by atoms with Crippen LogP contribution in [0.2, 0.25) is 0 Å². The highest BCUT2D eigenvalue weighted by Gasteiger charge is 2.23. The number of amides is 1. The van der Waals surface area contributed by atoms with Crippen LogP contribution in [-0.2, 0) is 11.3 Å². The maximum Gasteiger partial charge on any atom is 0.232 e. The van der Waals surface area contributed by atoms with E-state index in [1.165, 1.54) is 0 Å². The van der Waals surface area contributed by atoms with Crippen LogP contribution in [0.15, 0.2) is 83.5 Å². The van der Waals surface area contributed by atoms with Gasteiger partial charge in [-0.15, -0.1) is 11.3 Å². The fourth-order valence-corrected chi connectivity index (χ4v) is 4.12. The molecule has 2 heterocycles. The van der Waals surface area contributed by atoms with E-state index in [1.54, 1.807) is 17.6 Å². The topological polar surface area (TPSA) is 55.1 Å². The molecule has 0 spiro atoms. The van der Waals surface area contributed by atoms with Crippen LogP contribution in [0.1, 0.15) is 27.6 Å². The minimum absolute atomic E-state index is 0.0234. The number of rotatable bonds is 6.